The van der Waals surface area contributed by atoms with Gasteiger partial charge in [0, 0.05) is 52.8 Å². The zero-order valence-electron chi connectivity index (χ0n) is 19.2. The number of rotatable bonds is 2. The summed E-state index contributed by atoms with van der Waals surface area (Å²) in [7, 11) is 2.01. The maximum Gasteiger partial charge on any atom is 0.250 e. The van der Waals surface area contributed by atoms with Crippen molar-refractivity contribution >= 4 is 40.6 Å². The quantitative estimate of drug-likeness (QED) is 0.504. The van der Waals surface area contributed by atoms with Crippen LogP contribution in [0.3, 0.4) is 0 Å². The molecule has 3 aliphatic heterocycles. The van der Waals surface area contributed by atoms with E-state index in [9.17, 15) is 9.59 Å². The van der Waals surface area contributed by atoms with Gasteiger partial charge in [0.1, 0.15) is 11.3 Å². The van der Waals surface area contributed by atoms with Crippen molar-refractivity contribution in [3.63, 3.8) is 0 Å². The maximum atomic E-state index is 14.3. The summed E-state index contributed by atoms with van der Waals surface area (Å²) in [6.45, 7) is 1.07. The molecule has 1 amide bonds. The Bertz CT molecular complexity index is 1350. The lowest BCUT2D eigenvalue weighted by atomic mass is 9.56. The van der Waals surface area contributed by atoms with Crippen LogP contribution in [0.1, 0.15) is 35.1 Å². The maximum absolute atomic E-state index is 14.3. The molecule has 0 aliphatic carbocycles. The molecule has 0 unspecified atom stereocenters. The molecule has 178 valence electrons. The normalized spacial score (nSPS) is 30.1. The lowest BCUT2D eigenvalue weighted by Crippen LogP contribution is -2.64. The van der Waals surface area contributed by atoms with Crippen LogP contribution in [0.15, 0.2) is 72.8 Å². The van der Waals surface area contributed by atoms with Gasteiger partial charge in [0.15, 0.2) is 0 Å². The van der Waals surface area contributed by atoms with Gasteiger partial charge in [-0.15, -0.1) is 0 Å². The summed E-state index contributed by atoms with van der Waals surface area (Å²) in [5.74, 6) is -0.526. The van der Waals surface area contributed by atoms with Gasteiger partial charge in [-0.05, 0) is 36.4 Å². The van der Waals surface area contributed by atoms with E-state index in [1.54, 1.807) is 6.07 Å². The van der Waals surface area contributed by atoms with Crippen LogP contribution in [-0.4, -0.2) is 36.7 Å². The highest BCUT2D eigenvalue weighted by Gasteiger charge is 2.74. The molecule has 3 aromatic carbocycles. The minimum Gasteiger partial charge on any atom is -0.324 e. The fourth-order valence-corrected chi connectivity index (χ4v) is 7.18. The second-order valence-corrected chi connectivity index (χ2v) is 10.7. The number of para-hydroxylation sites is 1. The molecule has 0 saturated carbocycles. The van der Waals surface area contributed by atoms with Crippen LogP contribution in [-0.2, 0) is 15.1 Å². The highest BCUT2D eigenvalue weighted by atomic mass is 35.5. The van der Waals surface area contributed by atoms with Crippen molar-refractivity contribution in [1.82, 2.24) is 10.2 Å². The number of piperidine rings is 1. The van der Waals surface area contributed by atoms with E-state index >= 15 is 0 Å². The van der Waals surface area contributed by atoms with Gasteiger partial charge in [0.25, 0.3) is 5.91 Å². The number of Topliss-reactive ketones (excluding diaryl/α,β-unsaturated/α-hetero) is 1. The summed E-state index contributed by atoms with van der Waals surface area (Å²) in [5, 5.41) is 7.84. The van der Waals surface area contributed by atoms with E-state index in [1.165, 1.54) is 0 Å². The molecule has 5 nitrogen and oxygen atoms in total. The fourth-order valence-electron chi connectivity index (χ4n) is 6.65. The second kappa shape index (κ2) is 8.17. The lowest BCUT2D eigenvalue weighted by Gasteiger charge is -2.49. The third kappa shape index (κ3) is 3.09. The number of likely N-dealkylation sites (tertiary alicyclic amines) is 1. The third-order valence-electron chi connectivity index (χ3n) is 8.02. The summed E-state index contributed by atoms with van der Waals surface area (Å²) < 4.78 is 0. The van der Waals surface area contributed by atoms with Gasteiger partial charge in [-0.25, -0.2) is 0 Å². The first kappa shape index (κ1) is 22.7. The largest absolute Gasteiger partial charge is 0.324 e. The SMILES string of the molecule is CN1CCC(=O)[C@]2(C1)[C@@H](c1ccc(Cl)cc1Cl)[C@H](c1ccccc1)N[C@@]21C(=O)Nc2ccccc21. The van der Waals surface area contributed by atoms with Gasteiger partial charge in [-0.1, -0.05) is 77.8 Å². The highest BCUT2D eigenvalue weighted by molar-refractivity contribution is 6.35. The first-order chi connectivity index (χ1) is 16.9. The van der Waals surface area contributed by atoms with Crippen LogP contribution in [0.4, 0.5) is 5.69 Å². The van der Waals surface area contributed by atoms with Crippen LogP contribution in [0.2, 0.25) is 10.0 Å². The number of hydrogen-bond donors (Lipinski definition) is 2. The Kier molecular flexibility index (Phi) is 5.31. The molecule has 2 N–H and O–H groups in total. The molecule has 7 heteroatoms. The van der Waals surface area contributed by atoms with Crippen molar-refractivity contribution in [3.8, 4) is 0 Å². The summed E-state index contributed by atoms with van der Waals surface area (Å²) in [4.78, 5) is 30.5. The molecule has 3 heterocycles. The smallest absolute Gasteiger partial charge is 0.250 e. The first-order valence-corrected chi connectivity index (χ1v) is 12.5. The van der Waals surface area contributed by atoms with Crippen molar-refractivity contribution in [2.45, 2.75) is 23.9 Å². The summed E-state index contributed by atoms with van der Waals surface area (Å²) in [6, 6.07) is 22.8. The molecule has 0 radical (unpaired) electrons. The van der Waals surface area contributed by atoms with Gasteiger partial charge >= 0.3 is 0 Å². The van der Waals surface area contributed by atoms with Crippen molar-refractivity contribution in [1.29, 1.82) is 0 Å². The van der Waals surface area contributed by atoms with Crippen molar-refractivity contribution in [3.05, 3.63) is 99.5 Å². The summed E-state index contributed by atoms with van der Waals surface area (Å²) in [5.41, 5.74) is 1.02. The first-order valence-electron chi connectivity index (χ1n) is 11.8. The molecule has 0 bridgehead atoms. The van der Waals surface area contributed by atoms with E-state index in [1.807, 2.05) is 73.8 Å². The van der Waals surface area contributed by atoms with Crippen molar-refractivity contribution < 1.29 is 9.59 Å². The Morgan fingerprint density at radius 3 is 2.49 bits per heavy atom. The number of hydrogen-bond acceptors (Lipinski definition) is 4. The predicted octanol–water partition coefficient (Wildman–Crippen LogP) is 5.16. The Labute approximate surface area is 214 Å². The van der Waals surface area contributed by atoms with E-state index < -0.39 is 16.9 Å². The standard InChI is InChI=1S/C28H25Cl2N3O2/c1-33-14-13-23(34)27(16-33)24(19-12-11-18(29)15-21(19)30)25(17-7-3-2-4-8-17)32-28(27)20-9-5-6-10-22(20)31-26(28)35/h2-12,15,24-25,32H,13-14,16H2,1H3,(H,31,35)/t24-,25-,27+,28-/m0/s1. The summed E-state index contributed by atoms with van der Waals surface area (Å²) in [6.07, 6.45) is 0.360. The monoisotopic (exact) mass is 505 g/mol. The zero-order valence-corrected chi connectivity index (χ0v) is 20.7. The van der Waals surface area contributed by atoms with Crippen LogP contribution >= 0.6 is 23.2 Å². The number of nitrogens with one attached hydrogen (secondary N) is 2. The number of benzene rings is 3. The minimum absolute atomic E-state index is 0.0735. The molecular weight excluding hydrogens is 481 g/mol. The molecule has 0 aromatic heterocycles. The average molecular weight is 506 g/mol. The highest BCUT2D eigenvalue weighted by Crippen LogP contribution is 2.65. The lowest BCUT2D eigenvalue weighted by molar-refractivity contribution is -0.145. The van der Waals surface area contributed by atoms with E-state index in [0.29, 0.717) is 29.6 Å². The Morgan fingerprint density at radius 1 is 0.971 bits per heavy atom. The molecule has 2 fully saturated rings. The van der Waals surface area contributed by atoms with Crippen molar-refractivity contribution in [2.75, 3.05) is 25.5 Å². The van der Waals surface area contributed by atoms with Crippen LogP contribution in [0, 0.1) is 5.41 Å². The van der Waals surface area contributed by atoms with Gasteiger partial charge in [-0.3, -0.25) is 14.9 Å². The number of ketones is 1. The number of carbonyl (C=O) groups excluding carboxylic acids is 2. The van der Waals surface area contributed by atoms with E-state index in [2.05, 4.69) is 15.5 Å². The fraction of sp³-hybridized carbons (Fsp3) is 0.286. The topological polar surface area (TPSA) is 61.4 Å². The second-order valence-electron chi connectivity index (χ2n) is 9.81. The predicted molar refractivity (Wildman–Crippen MR) is 138 cm³/mol. The third-order valence-corrected chi connectivity index (χ3v) is 8.58. The molecule has 35 heavy (non-hydrogen) atoms. The number of carbonyl (C=O) groups is 2. The summed E-state index contributed by atoms with van der Waals surface area (Å²) >= 11 is 13.1. The van der Waals surface area contributed by atoms with Gasteiger partial charge in [0.05, 0.1) is 5.41 Å². The number of anilines is 1. The number of fused-ring (bicyclic) bond motifs is 3. The van der Waals surface area contributed by atoms with Crippen LogP contribution in [0.5, 0.6) is 0 Å². The molecule has 3 aliphatic rings. The molecule has 4 atom stereocenters. The van der Waals surface area contributed by atoms with Gasteiger partial charge in [-0.2, -0.15) is 0 Å². The molecule has 2 saturated heterocycles. The van der Waals surface area contributed by atoms with E-state index in [4.69, 9.17) is 23.2 Å². The van der Waals surface area contributed by atoms with Gasteiger partial charge in [0.2, 0.25) is 0 Å². The molecule has 3 aromatic rings. The molecule has 2 spiro atoms. The zero-order chi connectivity index (χ0) is 24.4. The van der Waals surface area contributed by atoms with Gasteiger partial charge < -0.3 is 10.2 Å². The van der Waals surface area contributed by atoms with Crippen molar-refractivity contribution in [2.24, 2.45) is 5.41 Å². The van der Waals surface area contributed by atoms with E-state index in [-0.39, 0.29) is 17.7 Å². The molecular formula is C28H25Cl2N3O2. The Morgan fingerprint density at radius 2 is 1.71 bits per heavy atom. The number of nitrogens with zero attached hydrogens (tertiary/aromatic N) is 1. The van der Waals surface area contributed by atoms with E-state index in [0.717, 1.165) is 22.4 Å². The Balaban J connectivity index is 1.70. The minimum atomic E-state index is -1.25. The molecule has 6 rings (SSSR count). The number of amides is 1. The number of halogens is 2. The van der Waals surface area contributed by atoms with Crippen LogP contribution in [0.25, 0.3) is 0 Å². The Hall–Kier alpha value is -2.70. The van der Waals surface area contributed by atoms with Crippen LogP contribution < -0.4 is 10.6 Å². The average Bonchev–Trinajstić information content (AvgIpc) is 3.31.